The van der Waals surface area contributed by atoms with Crippen molar-refractivity contribution in [3.8, 4) is 0 Å². The van der Waals surface area contributed by atoms with E-state index in [9.17, 15) is 14.9 Å². The molecule has 0 aliphatic carbocycles. The maximum atomic E-state index is 10.6. The fourth-order valence-electron chi connectivity index (χ4n) is 1.20. The Balaban J connectivity index is 2.54. The molecule has 1 aromatic carbocycles. The summed E-state index contributed by atoms with van der Waals surface area (Å²) < 4.78 is 0. The minimum Gasteiger partial charge on any atom is -0.382 e. The van der Waals surface area contributed by atoms with Gasteiger partial charge in [-0.15, -0.1) is 0 Å². The van der Waals surface area contributed by atoms with Gasteiger partial charge in [0.25, 0.3) is 5.69 Å². The fourth-order valence-corrected chi connectivity index (χ4v) is 1.44. The van der Waals surface area contributed by atoms with Crippen molar-refractivity contribution in [2.45, 2.75) is 6.92 Å². The van der Waals surface area contributed by atoms with Gasteiger partial charge in [-0.1, -0.05) is 11.6 Å². The van der Waals surface area contributed by atoms with Gasteiger partial charge in [0.05, 0.1) is 15.6 Å². The Morgan fingerprint density at radius 3 is 2.71 bits per heavy atom. The zero-order valence-electron chi connectivity index (χ0n) is 9.20. The number of carbonyl (C=O) groups excluding carboxylic acids is 1. The lowest BCUT2D eigenvalue weighted by Gasteiger charge is -2.08. The molecule has 0 radical (unpaired) electrons. The second-order valence-corrected chi connectivity index (χ2v) is 3.74. The van der Waals surface area contributed by atoms with E-state index in [4.69, 9.17) is 11.6 Å². The van der Waals surface area contributed by atoms with Crippen molar-refractivity contribution < 1.29 is 9.72 Å². The van der Waals surface area contributed by atoms with E-state index in [1.165, 1.54) is 25.1 Å². The number of nitrogens with zero attached hydrogens (tertiary/aromatic N) is 1. The lowest BCUT2D eigenvalue weighted by atomic mass is 10.3. The summed E-state index contributed by atoms with van der Waals surface area (Å²) >= 11 is 5.86. The van der Waals surface area contributed by atoms with E-state index in [0.29, 0.717) is 18.8 Å². The summed E-state index contributed by atoms with van der Waals surface area (Å²) in [5.41, 5.74) is 0.546. The molecule has 92 valence electrons. The number of non-ortho nitro benzene ring substituents is 1. The third kappa shape index (κ3) is 4.28. The monoisotopic (exact) mass is 257 g/mol. The first-order valence-corrected chi connectivity index (χ1v) is 5.30. The highest BCUT2D eigenvalue weighted by Gasteiger charge is 2.08. The largest absolute Gasteiger partial charge is 0.382 e. The van der Waals surface area contributed by atoms with Gasteiger partial charge in [0.15, 0.2) is 0 Å². The van der Waals surface area contributed by atoms with Gasteiger partial charge in [0, 0.05) is 32.1 Å². The number of nitro benzene ring substituents is 1. The maximum absolute atomic E-state index is 10.6. The van der Waals surface area contributed by atoms with E-state index < -0.39 is 4.92 Å². The van der Waals surface area contributed by atoms with E-state index in [0.717, 1.165) is 0 Å². The molecule has 1 rings (SSSR count). The van der Waals surface area contributed by atoms with Crippen LogP contribution in [0, 0.1) is 10.1 Å². The Morgan fingerprint density at radius 2 is 2.18 bits per heavy atom. The zero-order valence-corrected chi connectivity index (χ0v) is 9.95. The van der Waals surface area contributed by atoms with Crippen molar-refractivity contribution in [1.82, 2.24) is 5.32 Å². The lowest BCUT2D eigenvalue weighted by molar-refractivity contribution is -0.384. The van der Waals surface area contributed by atoms with Crippen LogP contribution < -0.4 is 10.6 Å². The highest BCUT2D eigenvalue weighted by molar-refractivity contribution is 6.33. The summed E-state index contributed by atoms with van der Waals surface area (Å²) in [6.07, 6.45) is 0. The summed E-state index contributed by atoms with van der Waals surface area (Å²) in [6, 6.07) is 4.18. The van der Waals surface area contributed by atoms with Crippen LogP contribution in [0.25, 0.3) is 0 Å². The summed E-state index contributed by atoms with van der Waals surface area (Å²) in [6.45, 7) is 2.39. The first-order chi connectivity index (χ1) is 8.00. The van der Waals surface area contributed by atoms with Gasteiger partial charge in [-0.3, -0.25) is 14.9 Å². The van der Waals surface area contributed by atoms with Gasteiger partial charge in [0.1, 0.15) is 0 Å². The number of rotatable bonds is 5. The second kappa shape index (κ2) is 6.05. The van der Waals surface area contributed by atoms with E-state index >= 15 is 0 Å². The van der Waals surface area contributed by atoms with Crippen LogP contribution in [0.2, 0.25) is 5.02 Å². The molecule has 0 unspecified atom stereocenters. The van der Waals surface area contributed by atoms with Crippen molar-refractivity contribution in [2.24, 2.45) is 0 Å². The van der Waals surface area contributed by atoms with Crippen molar-refractivity contribution >= 4 is 28.9 Å². The van der Waals surface area contributed by atoms with E-state index in [1.807, 2.05) is 0 Å². The van der Waals surface area contributed by atoms with Crippen LogP contribution in [-0.4, -0.2) is 23.9 Å². The highest BCUT2D eigenvalue weighted by Crippen LogP contribution is 2.26. The molecule has 0 atom stereocenters. The van der Waals surface area contributed by atoms with Crippen molar-refractivity contribution in [3.63, 3.8) is 0 Å². The molecule has 0 saturated heterocycles. The van der Waals surface area contributed by atoms with Gasteiger partial charge in [-0.25, -0.2) is 0 Å². The molecule has 7 heteroatoms. The van der Waals surface area contributed by atoms with Crippen LogP contribution in [0.3, 0.4) is 0 Å². The van der Waals surface area contributed by atoms with Gasteiger partial charge < -0.3 is 10.6 Å². The second-order valence-electron chi connectivity index (χ2n) is 3.33. The Bertz CT molecular complexity index is 437. The minimum absolute atomic E-state index is 0.0533. The molecule has 2 N–H and O–H groups in total. The van der Waals surface area contributed by atoms with Gasteiger partial charge >= 0.3 is 0 Å². The molecule has 0 saturated carbocycles. The number of halogens is 1. The number of hydrogen-bond acceptors (Lipinski definition) is 4. The van der Waals surface area contributed by atoms with Crippen LogP contribution in [-0.2, 0) is 4.79 Å². The number of nitro groups is 1. The number of anilines is 1. The standard InChI is InChI=1S/C10H12ClN3O3/c1-7(15)12-4-5-13-10-3-2-8(14(16)17)6-9(10)11/h2-3,6,13H,4-5H2,1H3,(H,12,15). The first kappa shape index (κ1) is 13.2. The molecule has 0 bridgehead atoms. The predicted octanol–water partition coefficient (Wildman–Crippen LogP) is 1.80. The third-order valence-corrected chi connectivity index (χ3v) is 2.29. The van der Waals surface area contributed by atoms with Gasteiger partial charge in [-0.05, 0) is 6.07 Å². The molecule has 0 fully saturated rings. The quantitative estimate of drug-likeness (QED) is 0.479. The Hall–Kier alpha value is -1.82. The minimum atomic E-state index is -0.507. The number of carbonyl (C=O) groups is 1. The first-order valence-electron chi connectivity index (χ1n) is 4.93. The molecule has 1 amide bonds. The Labute approximate surface area is 103 Å². The summed E-state index contributed by atoms with van der Waals surface area (Å²) in [5.74, 6) is -0.110. The number of amides is 1. The molecule has 17 heavy (non-hydrogen) atoms. The van der Waals surface area contributed by atoms with Crippen LogP contribution in [0.1, 0.15) is 6.92 Å². The topological polar surface area (TPSA) is 84.3 Å². The van der Waals surface area contributed by atoms with Crippen molar-refractivity contribution in [2.75, 3.05) is 18.4 Å². The molecular formula is C10H12ClN3O3. The fraction of sp³-hybridized carbons (Fsp3) is 0.300. The zero-order chi connectivity index (χ0) is 12.8. The third-order valence-electron chi connectivity index (χ3n) is 1.98. The van der Waals surface area contributed by atoms with Crippen LogP contribution >= 0.6 is 11.6 Å². The number of benzene rings is 1. The predicted molar refractivity (Wildman–Crippen MR) is 65.3 cm³/mol. The van der Waals surface area contributed by atoms with Crippen LogP contribution in [0.4, 0.5) is 11.4 Å². The van der Waals surface area contributed by atoms with Gasteiger partial charge in [0.2, 0.25) is 5.91 Å². The molecule has 1 aromatic rings. The summed E-state index contributed by atoms with van der Waals surface area (Å²) in [5, 5.41) is 16.3. The molecule has 6 nitrogen and oxygen atoms in total. The van der Waals surface area contributed by atoms with Crippen molar-refractivity contribution in [3.05, 3.63) is 33.3 Å². The average Bonchev–Trinajstić information content (AvgIpc) is 2.25. The number of nitrogens with one attached hydrogen (secondary N) is 2. The van der Waals surface area contributed by atoms with E-state index in [1.54, 1.807) is 0 Å². The Kier molecular flexibility index (Phi) is 4.71. The molecule has 0 aliphatic rings. The van der Waals surface area contributed by atoms with Crippen LogP contribution in [0.5, 0.6) is 0 Å². The van der Waals surface area contributed by atoms with E-state index in [2.05, 4.69) is 10.6 Å². The Morgan fingerprint density at radius 1 is 1.47 bits per heavy atom. The molecular weight excluding hydrogens is 246 g/mol. The summed E-state index contributed by atoms with van der Waals surface area (Å²) in [7, 11) is 0. The highest BCUT2D eigenvalue weighted by atomic mass is 35.5. The molecule has 0 spiro atoms. The number of hydrogen-bond donors (Lipinski definition) is 2. The maximum Gasteiger partial charge on any atom is 0.271 e. The molecule has 0 aromatic heterocycles. The lowest BCUT2D eigenvalue weighted by Crippen LogP contribution is -2.26. The SMILES string of the molecule is CC(=O)NCCNc1ccc([N+](=O)[O-])cc1Cl. The van der Waals surface area contributed by atoms with Crippen molar-refractivity contribution in [1.29, 1.82) is 0 Å². The normalized spacial score (nSPS) is 9.76. The molecule has 0 aliphatic heterocycles. The van der Waals surface area contributed by atoms with Gasteiger partial charge in [-0.2, -0.15) is 0 Å². The average molecular weight is 258 g/mol. The van der Waals surface area contributed by atoms with E-state index in [-0.39, 0.29) is 16.6 Å². The van der Waals surface area contributed by atoms with Crippen LogP contribution in [0.15, 0.2) is 18.2 Å². The molecule has 0 heterocycles. The summed E-state index contributed by atoms with van der Waals surface area (Å²) in [4.78, 5) is 20.6. The smallest absolute Gasteiger partial charge is 0.271 e.